The van der Waals surface area contributed by atoms with Gasteiger partial charge in [0.1, 0.15) is 11.3 Å². The molecular weight excluding hydrogens is 484 g/mol. The largest absolute Gasteiger partial charge is 0.439 e. The van der Waals surface area contributed by atoms with Gasteiger partial charge in [-0.1, -0.05) is 6.07 Å². The van der Waals surface area contributed by atoms with Crippen LogP contribution < -0.4 is 10.5 Å². The van der Waals surface area contributed by atoms with Crippen molar-refractivity contribution in [2.75, 3.05) is 39.5 Å². The van der Waals surface area contributed by atoms with Crippen LogP contribution in [0.15, 0.2) is 41.2 Å². The molecule has 1 fully saturated rings. The molecule has 0 bridgehead atoms. The highest BCUT2D eigenvalue weighted by Gasteiger charge is 2.20. The minimum Gasteiger partial charge on any atom is -0.439 e. The fraction of sp³-hybridized carbons (Fsp3) is 0.444. The van der Waals surface area contributed by atoms with Crippen LogP contribution in [0.4, 0.5) is 5.82 Å². The number of likely N-dealkylation sites (tertiary alicyclic amines) is 1. The van der Waals surface area contributed by atoms with E-state index in [0.717, 1.165) is 24.4 Å². The molecule has 11 heteroatoms. The maximum Gasteiger partial charge on any atom is 0.253 e. The molecule has 3 aromatic heterocycles. The number of imidazole rings is 1. The third kappa shape index (κ3) is 5.47. The Kier molecular flexibility index (Phi) is 7.54. The maximum atomic E-state index is 13.1. The molecule has 4 heterocycles. The van der Waals surface area contributed by atoms with Crippen molar-refractivity contribution >= 4 is 22.8 Å². The predicted molar refractivity (Wildman–Crippen MR) is 144 cm³/mol. The number of nitrogens with zero attached hydrogens (tertiary/aromatic N) is 7. The molecule has 2 N–H and O–H groups in total. The number of nitrogens with two attached hydrogens (primary N) is 1. The lowest BCUT2D eigenvalue weighted by Gasteiger charge is -2.29. The molecule has 0 radical (unpaired) electrons. The summed E-state index contributed by atoms with van der Waals surface area (Å²) < 4.78 is 12.7. The molecule has 0 saturated carbocycles. The van der Waals surface area contributed by atoms with Crippen molar-refractivity contribution in [3.8, 4) is 23.1 Å². The summed E-state index contributed by atoms with van der Waals surface area (Å²) in [7, 11) is 4.04. The van der Waals surface area contributed by atoms with E-state index in [0.29, 0.717) is 40.8 Å². The van der Waals surface area contributed by atoms with Crippen molar-refractivity contribution in [3.63, 3.8) is 0 Å². The number of carbonyl (C=O) groups is 1. The zero-order chi connectivity index (χ0) is 26.6. The summed E-state index contributed by atoms with van der Waals surface area (Å²) in [5.41, 5.74) is 8.33. The second-order valence-corrected chi connectivity index (χ2v) is 9.93. The first-order valence-corrected chi connectivity index (χ1v) is 13.1. The van der Waals surface area contributed by atoms with Gasteiger partial charge in [0.15, 0.2) is 17.3 Å². The number of nitrogen functional groups attached to an aromatic ring is 1. The molecule has 0 aliphatic carbocycles. The predicted octanol–water partition coefficient (Wildman–Crippen LogP) is 4.07. The number of piperidine rings is 1. The van der Waals surface area contributed by atoms with Crippen LogP contribution in [0.25, 0.3) is 22.6 Å². The summed E-state index contributed by atoms with van der Waals surface area (Å²) in [5, 5.41) is 7.53. The number of aromatic nitrogens is 5. The minimum absolute atomic E-state index is 0.0187. The molecule has 38 heavy (non-hydrogen) atoms. The van der Waals surface area contributed by atoms with Crippen molar-refractivity contribution in [3.05, 3.63) is 42.1 Å². The molecule has 4 aromatic rings. The summed E-state index contributed by atoms with van der Waals surface area (Å²) in [5.74, 6) is 2.39. The topological polar surface area (TPSA) is 128 Å². The summed E-state index contributed by atoms with van der Waals surface area (Å²) in [6.45, 7) is 5.70. The summed E-state index contributed by atoms with van der Waals surface area (Å²) in [6.07, 6.45) is 6.31. The first-order valence-electron chi connectivity index (χ1n) is 13.1. The van der Waals surface area contributed by atoms with Crippen LogP contribution in [0.1, 0.15) is 43.0 Å². The molecule has 0 atom stereocenters. The monoisotopic (exact) mass is 518 g/mol. The van der Waals surface area contributed by atoms with Crippen molar-refractivity contribution in [2.24, 2.45) is 5.92 Å². The van der Waals surface area contributed by atoms with Gasteiger partial charge in [0, 0.05) is 31.8 Å². The van der Waals surface area contributed by atoms with Crippen LogP contribution in [0.5, 0.6) is 11.6 Å². The Bertz CT molecular complexity index is 1410. The normalized spacial score (nSPS) is 14.7. The van der Waals surface area contributed by atoms with E-state index >= 15 is 0 Å². The minimum atomic E-state index is -0.0187. The van der Waals surface area contributed by atoms with Crippen LogP contribution in [0.3, 0.4) is 0 Å². The molecule has 1 aromatic carbocycles. The van der Waals surface area contributed by atoms with Crippen LogP contribution in [-0.4, -0.2) is 74.3 Å². The third-order valence-corrected chi connectivity index (χ3v) is 7.25. The number of hydrogen-bond donors (Lipinski definition) is 1. The Morgan fingerprint density at radius 3 is 2.79 bits per heavy atom. The zero-order valence-electron chi connectivity index (χ0n) is 22.1. The third-order valence-electron chi connectivity index (χ3n) is 7.25. The molecular formula is C27H34N8O3. The average Bonchev–Trinajstić information content (AvgIpc) is 3.51. The first-order chi connectivity index (χ1) is 18.4. The lowest BCUT2D eigenvalue weighted by Crippen LogP contribution is -2.31. The van der Waals surface area contributed by atoms with Crippen LogP contribution in [0, 0.1) is 5.92 Å². The smallest absolute Gasteiger partial charge is 0.253 e. The van der Waals surface area contributed by atoms with E-state index in [1.165, 1.54) is 32.4 Å². The lowest BCUT2D eigenvalue weighted by atomic mass is 9.92. The summed E-state index contributed by atoms with van der Waals surface area (Å²) in [6, 6.07) is 9.01. The standard InChI is InChI=1S/C27H34N8O3/c1-4-35-22-16-23(29-17-21(22)30-26(35)24-25(28)32-38-31-24)37-20-9-5-8-19(15-20)27(36)34(3)12-6-7-18-10-13-33(2)14-11-18/h5,8-9,15-18H,4,6-7,10-14H2,1-3H3,(H2,28,32). The molecule has 0 unspecified atom stereocenters. The first kappa shape index (κ1) is 25.7. The zero-order valence-corrected chi connectivity index (χ0v) is 22.1. The molecule has 200 valence electrons. The van der Waals surface area contributed by atoms with E-state index in [9.17, 15) is 4.79 Å². The van der Waals surface area contributed by atoms with Crippen LogP contribution >= 0.6 is 0 Å². The quantitative estimate of drug-likeness (QED) is 0.349. The van der Waals surface area contributed by atoms with Gasteiger partial charge in [-0.25, -0.2) is 14.6 Å². The number of rotatable bonds is 9. The lowest BCUT2D eigenvalue weighted by molar-refractivity contribution is 0.0788. The number of aryl methyl sites for hydroxylation is 1. The number of ether oxygens (including phenoxy) is 1. The van der Waals surface area contributed by atoms with E-state index in [1.54, 1.807) is 17.2 Å². The van der Waals surface area contributed by atoms with Crippen molar-refractivity contribution < 1.29 is 14.2 Å². The second kappa shape index (κ2) is 11.2. The number of amides is 1. The van der Waals surface area contributed by atoms with Gasteiger partial charge in [-0.05, 0) is 87.2 Å². The number of pyridine rings is 1. The van der Waals surface area contributed by atoms with E-state index < -0.39 is 0 Å². The summed E-state index contributed by atoms with van der Waals surface area (Å²) >= 11 is 0. The van der Waals surface area contributed by atoms with Gasteiger partial charge >= 0.3 is 0 Å². The number of carbonyl (C=O) groups excluding carboxylic acids is 1. The van der Waals surface area contributed by atoms with Gasteiger partial charge in [-0.2, -0.15) is 0 Å². The van der Waals surface area contributed by atoms with Gasteiger partial charge in [0.2, 0.25) is 5.88 Å². The van der Waals surface area contributed by atoms with Gasteiger partial charge in [-0.15, -0.1) is 0 Å². The fourth-order valence-electron chi connectivity index (χ4n) is 5.02. The van der Waals surface area contributed by atoms with Crippen LogP contribution in [-0.2, 0) is 6.54 Å². The van der Waals surface area contributed by atoms with Gasteiger partial charge in [-0.3, -0.25) is 4.79 Å². The second-order valence-electron chi connectivity index (χ2n) is 9.93. The molecule has 5 rings (SSSR count). The van der Waals surface area contributed by atoms with Crippen LogP contribution in [0.2, 0.25) is 0 Å². The Morgan fingerprint density at radius 2 is 2.05 bits per heavy atom. The van der Waals surface area contributed by atoms with Crippen molar-refractivity contribution in [1.82, 2.24) is 34.6 Å². The number of hydrogen-bond acceptors (Lipinski definition) is 9. The fourth-order valence-corrected chi connectivity index (χ4v) is 5.02. The highest BCUT2D eigenvalue weighted by molar-refractivity contribution is 5.94. The van der Waals surface area contributed by atoms with Gasteiger partial charge in [0.05, 0.1) is 11.7 Å². The molecule has 1 saturated heterocycles. The Morgan fingerprint density at radius 1 is 1.24 bits per heavy atom. The highest BCUT2D eigenvalue weighted by Crippen LogP contribution is 2.29. The highest BCUT2D eigenvalue weighted by atomic mass is 16.6. The SMILES string of the molecule is CCn1c(-c2nonc2N)nc2cnc(Oc3cccc(C(=O)N(C)CCCC4CCN(C)CC4)c3)cc21. The molecule has 0 spiro atoms. The van der Waals surface area contributed by atoms with E-state index in [-0.39, 0.29) is 11.7 Å². The van der Waals surface area contributed by atoms with Crippen molar-refractivity contribution in [2.45, 2.75) is 39.2 Å². The molecule has 1 aliphatic heterocycles. The van der Waals surface area contributed by atoms with Gasteiger partial charge in [0.25, 0.3) is 5.91 Å². The van der Waals surface area contributed by atoms with Crippen molar-refractivity contribution in [1.29, 1.82) is 0 Å². The Labute approximate surface area is 221 Å². The molecule has 1 aliphatic rings. The molecule has 11 nitrogen and oxygen atoms in total. The number of anilines is 1. The van der Waals surface area contributed by atoms with Gasteiger partial charge < -0.3 is 24.8 Å². The number of benzene rings is 1. The van der Waals surface area contributed by atoms with E-state index in [2.05, 4.69) is 32.2 Å². The maximum absolute atomic E-state index is 13.1. The summed E-state index contributed by atoms with van der Waals surface area (Å²) in [4.78, 5) is 26.3. The average molecular weight is 519 g/mol. The van der Waals surface area contributed by atoms with E-state index in [4.69, 9.17) is 15.1 Å². The number of fused-ring (bicyclic) bond motifs is 1. The molecule has 1 amide bonds. The Hall–Kier alpha value is -3.99. The van der Waals surface area contributed by atoms with E-state index in [1.807, 2.05) is 42.8 Å². The Balaban J connectivity index is 1.25.